The third-order valence-electron chi connectivity index (χ3n) is 8.33. The first-order chi connectivity index (χ1) is 21.3. The van der Waals surface area contributed by atoms with E-state index in [2.05, 4.69) is 10.5 Å². The van der Waals surface area contributed by atoms with Gasteiger partial charge in [-0.05, 0) is 80.7 Å². The maximum Gasteiger partial charge on any atom is 0.495 e. The van der Waals surface area contributed by atoms with Crippen molar-refractivity contribution in [3.05, 3.63) is 106 Å². The topological polar surface area (TPSA) is 148 Å². The molecule has 0 aromatic heterocycles. The van der Waals surface area contributed by atoms with Crippen LogP contribution < -0.4 is 16.3 Å². The summed E-state index contributed by atoms with van der Waals surface area (Å²) < 4.78 is 18.2. The zero-order valence-corrected chi connectivity index (χ0v) is 25.0. The third kappa shape index (κ3) is 5.48. The summed E-state index contributed by atoms with van der Waals surface area (Å²) in [5.41, 5.74) is 4.01. The second-order valence-corrected chi connectivity index (χ2v) is 11.8. The lowest BCUT2D eigenvalue weighted by Gasteiger charge is -2.32. The van der Waals surface area contributed by atoms with Crippen LogP contribution in [0.4, 0.5) is 0 Å². The van der Waals surface area contributed by atoms with Crippen LogP contribution in [-0.2, 0) is 9.31 Å². The number of carbonyl (C=O) groups is 2. The van der Waals surface area contributed by atoms with Gasteiger partial charge in [0.05, 0.1) is 23.0 Å². The molecule has 1 fully saturated rings. The van der Waals surface area contributed by atoms with Crippen LogP contribution in [0.5, 0.6) is 5.75 Å². The Morgan fingerprint density at radius 3 is 2.33 bits per heavy atom. The van der Waals surface area contributed by atoms with Crippen LogP contribution in [0.2, 0.25) is 0 Å². The number of carboxylic acid groups (broad SMARTS) is 1. The number of carboxylic acids is 1. The number of carbonyl (C=O) groups excluding carboxylic acids is 1. The molecule has 0 bridgehead atoms. The summed E-state index contributed by atoms with van der Waals surface area (Å²) in [7, 11) is -0.624. The number of amides is 1. The largest absolute Gasteiger partial charge is 0.508 e. The summed E-state index contributed by atoms with van der Waals surface area (Å²) in [5.74, 6) is -1.71. The van der Waals surface area contributed by atoms with Gasteiger partial charge in [-0.25, -0.2) is 10.2 Å². The standard InChI is InChI=1S/C34H29BN2O8/c1-33(2)34(3,4)45-35(44-33)27-8-6-5-7-20(27)18-36-37-31(40)19-9-12-23(26(15-19)32(41)42)30-24-13-10-21(38)16-28(24)43-29-17-22(39)11-14-25(29)30/h5-18,38H,1-4H3,(H,37,40)(H,41,42)/b36-18+. The van der Waals surface area contributed by atoms with E-state index in [9.17, 15) is 24.6 Å². The summed E-state index contributed by atoms with van der Waals surface area (Å²) >= 11 is 0. The van der Waals surface area contributed by atoms with E-state index in [4.69, 9.17) is 13.7 Å². The molecule has 3 N–H and O–H groups in total. The highest BCUT2D eigenvalue weighted by atomic mass is 16.7. The van der Waals surface area contributed by atoms with E-state index in [1.807, 2.05) is 52.0 Å². The van der Waals surface area contributed by atoms with Crippen molar-refractivity contribution in [2.75, 3.05) is 0 Å². The highest BCUT2D eigenvalue weighted by Gasteiger charge is 2.52. The van der Waals surface area contributed by atoms with Crippen LogP contribution in [0.1, 0.15) is 54.0 Å². The molecule has 3 aromatic carbocycles. The second kappa shape index (κ2) is 11.0. The van der Waals surface area contributed by atoms with E-state index >= 15 is 0 Å². The number of hydrogen-bond donors (Lipinski definition) is 3. The predicted molar refractivity (Wildman–Crippen MR) is 170 cm³/mol. The molecule has 3 aromatic rings. The fourth-order valence-corrected chi connectivity index (χ4v) is 5.27. The average Bonchev–Trinajstić information content (AvgIpc) is 3.21. The summed E-state index contributed by atoms with van der Waals surface area (Å²) in [6.45, 7) is 7.86. The molecule has 0 spiro atoms. The van der Waals surface area contributed by atoms with Crippen molar-refractivity contribution in [3.8, 4) is 28.2 Å². The van der Waals surface area contributed by atoms with Gasteiger partial charge in [-0.15, -0.1) is 0 Å². The van der Waals surface area contributed by atoms with E-state index in [1.165, 1.54) is 48.7 Å². The normalized spacial score (nSPS) is 15.6. The molecule has 1 amide bonds. The number of phenols is 1. The first-order valence-electron chi connectivity index (χ1n) is 14.2. The third-order valence-corrected chi connectivity index (χ3v) is 8.33. The molecule has 0 unspecified atom stereocenters. The Bertz CT molecular complexity index is 2030. The Labute approximate surface area is 258 Å². The summed E-state index contributed by atoms with van der Waals surface area (Å²) in [5, 5.41) is 24.9. The first kappa shape index (κ1) is 29.8. The maximum atomic E-state index is 13.1. The van der Waals surface area contributed by atoms with E-state index in [0.29, 0.717) is 27.6 Å². The lowest BCUT2D eigenvalue weighted by molar-refractivity contribution is 0.00578. The minimum atomic E-state index is -1.26. The first-order valence-corrected chi connectivity index (χ1v) is 14.2. The molecule has 1 saturated heterocycles. The molecule has 6 rings (SSSR count). The smallest absolute Gasteiger partial charge is 0.495 e. The number of fused-ring (bicyclic) bond motifs is 2. The van der Waals surface area contributed by atoms with Crippen LogP contribution in [0.3, 0.4) is 0 Å². The second-order valence-electron chi connectivity index (χ2n) is 11.8. The van der Waals surface area contributed by atoms with E-state index in [0.717, 1.165) is 5.46 Å². The maximum absolute atomic E-state index is 13.1. The van der Waals surface area contributed by atoms with Crippen molar-refractivity contribution < 1.29 is 33.5 Å². The molecule has 0 saturated carbocycles. The van der Waals surface area contributed by atoms with Gasteiger partial charge in [0.15, 0.2) is 5.43 Å². The molecule has 11 heteroatoms. The number of aromatic hydroxyl groups is 1. The van der Waals surface area contributed by atoms with Gasteiger partial charge in [0.25, 0.3) is 5.91 Å². The zero-order chi connectivity index (χ0) is 32.1. The molecule has 226 valence electrons. The minimum Gasteiger partial charge on any atom is -0.508 e. The van der Waals surface area contributed by atoms with Gasteiger partial charge in [-0.1, -0.05) is 30.3 Å². The quantitative estimate of drug-likeness (QED) is 0.106. The summed E-state index contributed by atoms with van der Waals surface area (Å²) in [6, 6.07) is 20.4. The molecule has 1 aliphatic carbocycles. The Balaban J connectivity index is 1.32. The minimum absolute atomic E-state index is 0.0561. The van der Waals surface area contributed by atoms with Crippen LogP contribution >= 0.6 is 0 Å². The van der Waals surface area contributed by atoms with Gasteiger partial charge < -0.3 is 23.9 Å². The lowest BCUT2D eigenvalue weighted by atomic mass is 9.76. The van der Waals surface area contributed by atoms with Crippen LogP contribution in [0.15, 0.2) is 93.2 Å². The molecular formula is C34H29BN2O8. The number of rotatable bonds is 6. The van der Waals surface area contributed by atoms with Crippen LogP contribution in [0.25, 0.3) is 33.4 Å². The highest BCUT2D eigenvalue weighted by Crippen LogP contribution is 2.42. The number of hydrazone groups is 1. The number of nitrogens with zero attached hydrogens (tertiary/aromatic N) is 1. The Morgan fingerprint density at radius 1 is 0.889 bits per heavy atom. The van der Waals surface area contributed by atoms with Gasteiger partial charge in [0.1, 0.15) is 17.1 Å². The number of hydrogen-bond acceptors (Lipinski definition) is 8. The predicted octanol–water partition coefficient (Wildman–Crippen LogP) is 5.03. The number of benzene rings is 4. The molecular weight excluding hydrogens is 575 g/mol. The van der Waals surface area contributed by atoms with E-state index in [1.54, 1.807) is 12.1 Å². The van der Waals surface area contributed by atoms with Crippen LogP contribution in [0, 0.1) is 0 Å². The van der Waals surface area contributed by atoms with Gasteiger partial charge in [-0.2, -0.15) is 5.10 Å². The molecule has 3 aliphatic rings. The van der Waals surface area contributed by atoms with Gasteiger partial charge in [0, 0.05) is 34.2 Å². The summed E-state index contributed by atoms with van der Waals surface area (Å²) in [4.78, 5) is 37.7. The Hall–Kier alpha value is -5.26. The van der Waals surface area contributed by atoms with Crippen molar-refractivity contribution in [1.29, 1.82) is 0 Å². The van der Waals surface area contributed by atoms with Crippen molar-refractivity contribution in [3.63, 3.8) is 0 Å². The van der Waals surface area contributed by atoms with E-state index in [-0.39, 0.29) is 33.6 Å². The Kier molecular flexibility index (Phi) is 7.30. The average molecular weight is 604 g/mol. The fourth-order valence-electron chi connectivity index (χ4n) is 5.27. The number of nitrogens with one attached hydrogen (secondary N) is 1. The summed E-state index contributed by atoms with van der Waals surface area (Å²) in [6.07, 6.45) is 1.48. The molecule has 2 aliphatic heterocycles. The molecule has 0 atom stereocenters. The Morgan fingerprint density at radius 2 is 1.60 bits per heavy atom. The van der Waals surface area contributed by atoms with E-state index < -0.39 is 30.2 Å². The zero-order valence-electron chi connectivity index (χ0n) is 25.0. The SMILES string of the molecule is CC1(C)OB(c2ccccc2/C=N/NC(=O)c2ccc(-c3c4ccc(=O)cc-4oc4cc(O)ccc34)c(C(=O)O)c2)OC1(C)C. The van der Waals surface area contributed by atoms with Crippen molar-refractivity contribution in [2.45, 2.75) is 38.9 Å². The van der Waals surface area contributed by atoms with Gasteiger partial charge in [0.2, 0.25) is 0 Å². The monoisotopic (exact) mass is 604 g/mol. The molecule has 2 heterocycles. The molecule has 45 heavy (non-hydrogen) atoms. The lowest BCUT2D eigenvalue weighted by Crippen LogP contribution is -2.41. The van der Waals surface area contributed by atoms with Crippen molar-refractivity contribution in [1.82, 2.24) is 5.43 Å². The van der Waals surface area contributed by atoms with Gasteiger partial charge in [-0.3, -0.25) is 9.59 Å². The van der Waals surface area contributed by atoms with Crippen molar-refractivity contribution in [2.24, 2.45) is 5.10 Å². The fraction of sp³-hybridized carbons (Fsp3) is 0.176. The van der Waals surface area contributed by atoms with Crippen LogP contribution in [-0.4, -0.2) is 46.6 Å². The highest BCUT2D eigenvalue weighted by molar-refractivity contribution is 6.63. The van der Waals surface area contributed by atoms with Gasteiger partial charge >= 0.3 is 13.1 Å². The molecule has 10 nitrogen and oxygen atoms in total. The number of phenolic OH excluding ortho intramolecular Hbond substituents is 1. The molecule has 0 radical (unpaired) electrons. The number of aromatic carboxylic acids is 1. The van der Waals surface area contributed by atoms with Crippen molar-refractivity contribution >= 4 is 41.6 Å².